The third kappa shape index (κ3) is 5.03. The molecule has 0 aromatic carbocycles. The number of nitrogens with zero attached hydrogens (tertiary/aromatic N) is 3. The molecule has 0 unspecified atom stereocenters. The fraction of sp³-hybridized carbons (Fsp3) is 0.889. The molecule has 3 rings (SSSR count). The Morgan fingerprint density at radius 1 is 0.920 bits per heavy atom. The maximum absolute atomic E-state index is 12.6. The number of piperazine rings is 1. The minimum Gasteiger partial charge on any atom is -0.341 e. The zero-order chi connectivity index (χ0) is 17.6. The summed E-state index contributed by atoms with van der Waals surface area (Å²) in [5.41, 5.74) is 0. The average Bonchev–Trinajstić information content (AvgIpc) is 2.68. The molecule has 142 valence electrons. The van der Waals surface area contributed by atoms with Crippen LogP contribution in [0.3, 0.4) is 0 Å². The van der Waals surface area contributed by atoms with Crippen LogP contribution in [0.5, 0.6) is 0 Å². The highest BCUT2D eigenvalue weighted by Crippen LogP contribution is 2.27. The van der Waals surface area contributed by atoms with E-state index in [1.807, 2.05) is 21.6 Å². The highest BCUT2D eigenvalue weighted by molar-refractivity contribution is 7.99. The minimum absolute atomic E-state index is 0.0820. The second-order valence-corrected chi connectivity index (χ2v) is 8.58. The second-order valence-electron chi connectivity index (χ2n) is 7.36. The maximum Gasteiger partial charge on any atom is 0.317 e. The third-order valence-electron chi connectivity index (χ3n) is 5.83. The number of nitrogens with one attached hydrogen (secondary N) is 1. The van der Waals surface area contributed by atoms with Gasteiger partial charge in [0.25, 0.3) is 0 Å². The van der Waals surface area contributed by atoms with Gasteiger partial charge in [0, 0.05) is 62.7 Å². The summed E-state index contributed by atoms with van der Waals surface area (Å²) < 4.78 is 0. The first kappa shape index (κ1) is 18.8. The van der Waals surface area contributed by atoms with E-state index in [0.717, 1.165) is 83.0 Å². The van der Waals surface area contributed by atoms with Gasteiger partial charge in [-0.1, -0.05) is 6.92 Å². The van der Waals surface area contributed by atoms with E-state index in [9.17, 15) is 9.59 Å². The Hall–Kier alpha value is -0.950. The van der Waals surface area contributed by atoms with Crippen molar-refractivity contribution in [2.75, 3.05) is 57.3 Å². The molecule has 0 aromatic heterocycles. The summed E-state index contributed by atoms with van der Waals surface area (Å²) in [6.45, 7) is 8.62. The van der Waals surface area contributed by atoms with Gasteiger partial charge in [-0.2, -0.15) is 11.8 Å². The van der Waals surface area contributed by atoms with E-state index >= 15 is 0 Å². The molecule has 0 bridgehead atoms. The Morgan fingerprint density at radius 2 is 1.56 bits per heavy atom. The van der Waals surface area contributed by atoms with Crippen LogP contribution in [0.25, 0.3) is 0 Å². The molecule has 3 amide bonds. The predicted molar refractivity (Wildman–Crippen MR) is 102 cm³/mol. The molecule has 0 aromatic rings. The van der Waals surface area contributed by atoms with Crippen LogP contribution in [0.1, 0.15) is 32.6 Å². The van der Waals surface area contributed by atoms with Crippen molar-refractivity contribution < 1.29 is 9.59 Å². The smallest absolute Gasteiger partial charge is 0.317 e. The van der Waals surface area contributed by atoms with Gasteiger partial charge in [0.05, 0.1) is 0 Å². The molecule has 1 N–H and O–H groups in total. The highest BCUT2D eigenvalue weighted by atomic mass is 32.2. The first-order chi connectivity index (χ1) is 12.2. The van der Waals surface area contributed by atoms with Gasteiger partial charge in [0.2, 0.25) is 5.91 Å². The van der Waals surface area contributed by atoms with Crippen LogP contribution in [-0.4, -0.2) is 90.0 Å². The Morgan fingerprint density at radius 3 is 2.16 bits per heavy atom. The van der Waals surface area contributed by atoms with Crippen molar-refractivity contribution in [1.82, 2.24) is 20.0 Å². The molecule has 0 spiro atoms. The van der Waals surface area contributed by atoms with Gasteiger partial charge in [0.15, 0.2) is 0 Å². The van der Waals surface area contributed by atoms with Crippen LogP contribution in [-0.2, 0) is 4.79 Å². The van der Waals surface area contributed by atoms with Crippen molar-refractivity contribution in [3.8, 4) is 0 Å². The van der Waals surface area contributed by atoms with Crippen LogP contribution in [0, 0.1) is 5.92 Å². The standard InChI is InChI=1S/C18H32N4O2S/c1-2-20-7-9-22(10-8-20)18(24)19-16-5-3-15(4-6-16)17(23)21-11-13-25-14-12-21/h15-16H,2-14H2,1H3,(H,19,24). The molecule has 3 aliphatic rings. The summed E-state index contributed by atoms with van der Waals surface area (Å²) in [4.78, 5) is 31.4. The molecular weight excluding hydrogens is 336 g/mol. The summed E-state index contributed by atoms with van der Waals surface area (Å²) in [5, 5.41) is 3.20. The molecule has 0 atom stereocenters. The van der Waals surface area contributed by atoms with Crippen molar-refractivity contribution in [2.45, 2.75) is 38.6 Å². The average molecular weight is 369 g/mol. The summed E-state index contributed by atoms with van der Waals surface area (Å²) in [6.07, 6.45) is 3.69. The molecule has 6 nitrogen and oxygen atoms in total. The van der Waals surface area contributed by atoms with Gasteiger partial charge in [-0.15, -0.1) is 0 Å². The Bertz CT molecular complexity index is 454. The molecule has 0 radical (unpaired) electrons. The van der Waals surface area contributed by atoms with Gasteiger partial charge < -0.3 is 20.0 Å². The van der Waals surface area contributed by atoms with Crippen LogP contribution >= 0.6 is 11.8 Å². The van der Waals surface area contributed by atoms with Crippen molar-refractivity contribution in [2.24, 2.45) is 5.92 Å². The fourth-order valence-electron chi connectivity index (χ4n) is 4.06. The first-order valence-corrected chi connectivity index (χ1v) is 11.0. The normalized spacial score (nSPS) is 28.7. The molecule has 2 saturated heterocycles. The SMILES string of the molecule is CCN1CCN(C(=O)NC2CCC(C(=O)N3CCSCC3)CC2)CC1. The van der Waals surface area contributed by atoms with Crippen LogP contribution in [0.2, 0.25) is 0 Å². The Balaban J connectivity index is 1.38. The number of likely N-dealkylation sites (N-methyl/N-ethyl adjacent to an activating group) is 1. The van der Waals surface area contributed by atoms with Crippen molar-refractivity contribution >= 4 is 23.7 Å². The number of carbonyl (C=O) groups excluding carboxylic acids is 2. The van der Waals surface area contributed by atoms with Crippen molar-refractivity contribution in [3.63, 3.8) is 0 Å². The molecule has 7 heteroatoms. The molecule has 3 fully saturated rings. The minimum atomic E-state index is 0.0820. The van der Waals surface area contributed by atoms with E-state index < -0.39 is 0 Å². The number of urea groups is 1. The highest BCUT2D eigenvalue weighted by Gasteiger charge is 2.31. The largest absolute Gasteiger partial charge is 0.341 e. The summed E-state index contributed by atoms with van der Waals surface area (Å²) in [7, 11) is 0. The van der Waals surface area contributed by atoms with E-state index in [0.29, 0.717) is 5.91 Å². The Kier molecular flexibility index (Phi) is 6.87. The van der Waals surface area contributed by atoms with Gasteiger partial charge in [-0.3, -0.25) is 4.79 Å². The van der Waals surface area contributed by atoms with E-state index in [4.69, 9.17) is 0 Å². The number of thioether (sulfide) groups is 1. The molecule has 2 aliphatic heterocycles. The lowest BCUT2D eigenvalue weighted by atomic mass is 9.85. The Labute approximate surface area is 155 Å². The fourth-order valence-corrected chi connectivity index (χ4v) is 4.96. The predicted octanol–water partition coefficient (Wildman–Crippen LogP) is 1.47. The summed E-state index contributed by atoms with van der Waals surface area (Å²) in [6, 6.07) is 0.316. The number of hydrogen-bond acceptors (Lipinski definition) is 4. The van der Waals surface area contributed by atoms with Gasteiger partial charge in [0.1, 0.15) is 0 Å². The van der Waals surface area contributed by atoms with Crippen molar-refractivity contribution in [3.05, 3.63) is 0 Å². The zero-order valence-electron chi connectivity index (χ0n) is 15.4. The molecule has 25 heavy (non-hydrogen) atoms. The lowest BCUT2D eigenvalue weighted by Crippen LogP contribution is -2.54. The third-order valence-corrected chi connectivity index (χ3v) is 6.78. The number of rotatable bonds is 3. The molecule has 2 heterocycles. The monoisotopic (exact) mass is 368 g/mol. The zero-order valence-corrected chi connectivity index (χ0v) is 16.2. The lowest BCUT2D eigenvalue weighted by molar-refractivity contribution is -0.136. The second kappa shape index (κ2) is 9.12. The lowest BCUT2D eigenvalue weighted by Gasteiger charge is -2.37. The molecule has 1 saturated carbocycles. The number of carbonyl (C=O) groups is 2. The van der Waals surface area contributed by atoms with Gasteiger partial charge in [-0.25, -0.2) is 4.79 Å². The van der Waals surface area contributed by atoms with Crippen LogP contribution in [0.4, 0.5) is 4.79 Å². The van der Waals surface area contributed by atoms with E-state index in [1.165, 1.54) is 0 Å². The molecule has 1 aliphatic carbocycles. The first-order valence-electron chi connectivity index (χ1n) is 9.81. The summed E-state index contributed by atoms with van der Waals surface area (Å²) in [5.74, 6) is 2.66. The van der Waals surface area contributed by atoms with Crippen LogP contribution < -0.4 is 5.32 Å². The topological polar surface area (TPSA) is 55.9 Å². The van der Waals surface area contributed by atoms with Crippen molar-refractivity contribution in [1.29, 1.82) is 0 Å². The van der Waals surface area contributed by atoms with Crippen LogP contribution in [0.15, 0.2) is 0 Å². The van der Waals surface area contributed by atoms with Gasteiger partial charge >= 0.3 is 6.03 Å². The number of amides is 3. The number of hydrogen-bond donors (Lipinski definition) is 1. The molecular formula is C18H32N4O2S. The quantitative estimate of drug-likeness (QED) is 0.820. The van der Waals surface area contributed by atoms with E-state index in [-0.39, 0.29) is 18.0 Å². The maximum atomic E-state index is 12.6. The van der Waals surface area contributed by atoms with E-state index in [1.54, 1.807) is 0 Å². The summed E-state index contributed by atoms with van der Waals surface area (Å²) >= 11 is 1.94. The van der Waals surface area contributed by atoms with E-state index in [2.05, 4.69) is 17.1 Å². The van der Waals surface area contributed by atoms with Gasteiger partial charge in [-0.05, 0) is 32.2 Å².